The molecule has 1 aromatic carbocycles. The van der Waals surface area contributed by atoms with Crippen LogP contribution in [-0.2, 0) is 11.3 Å². The number of nitrogens with zero attached hydrogens (tertiary/aromatic N) is 1. The van der Waals surface area contributed by atoms with Gasteiger partial charge in [0, 0.05) is 29.1 Å². The summed E-state index contributed by atoms with van der Waals surface area (Å²) in [6.45, 7) is 4.38. The minimum Gasteiger partial charge on any atom is -0.481 e. The van der Waals surface area contributed by atoms with Gasteiger partial charge in [-0.2, -0.15) is 0 Å². The Morgan fingerprint density at radius 1 is 1.53 bits per heavy atom. The van der Waals surface area contributed by atoms with Gasteiger partial charge in [0.1, 0.15) is 0 Å². The maximum atomic E-state index is 11.2. The number of carboxylic acids is 1. The number of likely N-dealkylation sites (tertiary alicyclic amines) is 1. The number of halogens is 2. The van der Waals surface area contributed by atoms with Gasteiger partial charge < -0.3 is 5.11 Å². The maximum absolute atomic E-state index is 11.2. The first-order valence-electron chi connectivity index (χ1n) is 6.34. The van der Waals surface area contributed by atoms with E-state index in [-0.39, 0.29) is 5.92 Å². The maximum Gasteiger partial charge on any atom is 0.307 e. The number of hydrogen-bond acceptors (Lipinski definition) is 2. The lowest BCUT2D eigenvalue weighted by atomic mass is 9.90. The van der Waals surface area contributed by atoms with Crippen molar-refractivity contribution in [1.29, 1.82) is 0 Å². The highest BCUT2D eigenvalue weighted by Gasteiger charge is 2.29. The van der Waals surface area contributed by atoms with Crippen LogP contribution < -0.4 is 0 Å². The summed E-state index contributed by atoms with van der Waals surface area (Å²) < 4.78 is 1.02. The summed E-state index contributed by atoms with van der Waals surface area (Å²) in [5.74, 6) is -0.545. The number of benzene rings is 1. The molecule has 1 saturated heterocycles. The van der Waals surface area contributed by atoms with E-state index < -0.39 is 5.97 Å². The zero-order chi connectivity index (χ0) is 14.0. The fourth-order valence-corrected chi connectivity index (χ4v) is 3.24. The monoisotopic (exact) mass is 345 g/mol. The summed E-state index contributed by atoms with van der Waals surface area (Å²) in [6.07, 6.45) is 0.766. The standard InChI is InChI=1S/C14H17BrClNO2/c1-9-4-11(14(18)19)8-17(6-9)7-10-5-12(16)2-3-13(10)15/h2-3,5,9,11H,4,6-8H2,1H3,(H,18,19). The molecule has 1 aliphatic rings. The minimum absolute atomic E-state index is 0.262. The molecule has 5 heteroatoms. The van der Waals surface area contributed by atoms with Crippen LogP contribution in [0.3, 0.4) is 0 Å². The van der Waals surface area contributed by atoms with Crippen molar-refractivity contribution in [3.63, 3.8) is 0 Å². The van der Waals surface area contributed by atoms with Crippen LogP contribution in [0.4, 0.5) is 0 Å². The molecule has 104 valence electrons. The fourth-order valence-electron chi connectivity index (χ4n) is 2.68. The van der Waals surface area contributed by atoms with Crippen LogP contribution in [-0.4, -0.2) is 29.1 Å². The molecule has 2 unspecified atom stereocenters. The Morgan fingerprint density at radius 2 is 2.26 bits per heavy atom. The van der Waals surface area contributed by atoms with Crippen LogP contribution in [0.1, 0.15) is 18.9 Å². The molecule has 0 amide bonds. The summed E-state index contributed by atoms with van der Waals surface area (Å²) in [5.41, 5.74) is 1.10. The first-order valence-corrected chi connectivity index (χ1v) is 7.52. The quantitative estimate of drug-likeness (QED) is 0.908. The number of carbonyl (C=O) groups is 1. The highest BCUT2D eigenvalue weighted by atomic mass is 79.9. The van der Waals surface area contributed by atoms with Gasteiger partial charge in [-0.25, -0.2) is 0 Å². The lowest BCUT2D eigenvalue weighted by Gasteiger charge is -2.34. The van der Waals surface area contributed by atoms with Crippen molar-refractivity contribution in [2.45, 2.75) is 19.9 Å². The number of carboxylic acid groups (broad SMARTS) is 1. The highest BCUT2D eigenvalue weighted by molar-refractivity contribution is 9.10. The lowest BCUT2D eigenvalue weighted by Crippen LogP contribution is -2.42. The van der Waals surface area contributed by atoms with E-state index in [1.807, 2.05) is 18.2 Å². The Balaban J connectivity index is 2.09. The Morgan fingerprint density at radius 3 is 2.95 bits per heavy atom. The van der Waals surface area contributed by atoms with Crippen LogP contribution in [0, 0.1) is 11.8 Å². The van der Waals surface area contributed by atoms with Crippen molar-refractivity contribution in [1.82, 2.24) is 4.90 Å². The summed E-state index contributed by atoms with van der Waals surface area (Å²) in [6, 6.07) is 5.70. The van der Waals surface area contributed by atoms with Crippen LogP contribution in [0.15, 0.2) is 22.7 Å². The van der Waals surface area contributed by atoms with Crippen molar-refractivity contribution in [2.75, 3.05) is 13.1 Å². The van der Waals surface area contributed by atoms with Gasteiger partial charge in [-0.3, -0.25) is 9.69 Å². The third kappa shape index (κ3) is 3.94. The van der Waals surface area contributed by atoms with Gasteiger partial charge in [0.05, 0.1) is 5.92 Å². The SMILES string of the molecule is CC1CC(C(=O)O)CN(Cc2cc(Cl)ccc2Br)C1. The normalized spacial score (nSPS) is 24.4. The van der Waals surface area contributed by atoms with E-state index in [1.54, 1.807) is 0 Å². The molecule has 0 spiro atoms. The highest BCUT2D eigenvalue weighted by Crippen LogP contribution is 2.27. The Hall–Kier alpha value is -0.580. The first-order chi connectivity index (χ1) is 8.95. The molecule has 0 aromatic heterocycles. The van der Waals surface area contributed by atoms with Gasteiger partial charge in [-0.15, -0.1) is 0 Å². The molecule has 0 saturated carbocycles. The number of piperidine rings is 1. The van der Waals surface area contributed by atoms with Crippen molar-refractivity contribution >= 4 is 33.5 Å². The second-order valence-electron chi connectivity index (χ2n) is 5.31. The van der Waals surface area contributed by atoms with Gasteiger partial charge in [0.2, 0.25) is 0 Å². The van der Waals surface area contributed by atoms with Gasteiger partial charge in [0.15, 0.2) is 0 Å². The smallest absolute Gasteiger partial charge is 0.307 e. The van der Waals surface area contributed by atoms with E-state index in [9.17, 15) is 9.90 Å². The molecule has 1 N–H and O–H groups in total. The Bertz CT molecular complexity index is 481. The van der Waals surface area contributed by atoms with Crippen LogP contribution in [0.2, 0.25) is 5.02 Å². The molecule has 0 radical (unpaired) electrons. The van der Waals surface area contributed by atoms with E-state index >= 15 is 0 Å². The fraction of sp³-hybridized carbons (Fsp3) is 0.500. The molecular formula is C14H17BrClNO2. The molecule has 1 fully saturated rings. The molecule has 0 bridgehead atoms. The molecule has 19 heavy (non-hydrogen) atoms. The molecule has 2 atom stereocenters. The van der Waals surface area contributed by atoms with Crippen LogP contribution >= 0.6 is 27.5 Å². The molecular weight excluding hydrogens is 330 g/mol. The predicted molar refractivity (Wildman–Crippen MR) is 79.3 cm³/mol. The summed E-state index contributed by atoms with van der Waals surface area (Å²) in [4.78, 5) is 13.4. The Kier molecular flexibility index (Phi) is 4.87. The Labute approximate surface area is 126 Å². The van der Waals surface area contributed by atoms with E-state index in [0.29, 0.717) is 17.5 Å². The van der Waals surface area contributed by atoms with Gasteiger partial charge in [-0.1, -0.05) is 34.5 Å². The average Bonchev–Trinajstić information content (AvgIpc) is 2.33. The topological polar surface area (TPSA) is 40.5 Å². The van der Waals surface area contributed by atoms with E-state index in [2.05, 4.69) is 27.8 Å². The van der Waals surface area contributed by atoms with Crippen molar-refractivity contribution in [2.24, 2.45) is 11.8 Å². The third-order valence-electron chi connectivity index (χ3n) is 3.49. The van der Waals surface area contributed by atoms with Gasteiger partial charge >= 0.3 is 5.97 Å². The molecule has 2 rings (SSSR count). The van der Waals surface area contributed by atoms with Crippen LogP contribution in [0.5, 0.6) is 0 Å². The molecule has 1 heterocycles. The zero-order valence-corrected chi connectivity index (χ0v) is 13.1. The average molecular weight is 347 g/mol. The van der Waals surface area contributed by atoms with Crippen molar-refractivity contribution in [3.8, 4) is 0 Å². The van der Waals surface area contributed by atoms with E-state index in [4.69, 9.17) is 11.6 Å². The van der Waals surface area contributed by atoms with Crippen LogP contribution in [0.25, 0.3) is 0 Å². The van der Waals surface area contributed by atoms with Crippen molar-refractivity contribution in [3.05, 3.63) is 33.3 Å². The third-order valence-corrected chi connectivity index (χ3v) is 4.50. The zero-order valence-electron chi connectivity index (χ0n) is 10.8. The first kappa shape index (κ1) is 14.8. The predicted octanol–water partition coefficient (Wildman–Crippen LogP) is 3.65. The number of hydrogen-bond donors (Lipinski definition) is 1. The van der Waals surface area contributed by atoms with Gasteiger partial charge in [-0.05, 0) is 36.1 Å². The second kappa shape index (κ2) is 6.25. The number of rotatable bonds is 3. The largest absolute Gasteiger partial charge is 0.481 e. The van der Waals surface area contributed by atoms with E-state index in [1.165, 1.54) is 0 Å². The van der Waals surface area contributed by atoms with Crippen molar-refractivity contribution < 1.29 is 9.90 Å². The minimum atomic E-state index is -0.693. The molecule has 1 aromatic rings. The molecule has 1 aliphatic heterocycles. The summed E-state index contributed by atoms with van der Waals surface area (Å²) >= 11 is 9.52. The molecule has 0 aliphatic carbocycles. The van der Waals surface area contributed by atoms with Gasteiger partial charge in [0.25, 0.3) is 0 Å². The molecule has 3 nitrogen and oxygen atoms in total. The number of aliphatic carboxylic acids is 1. The second-order valence-corrected chi connectivity index (χ2v) is 6.60. The van der Waals surface area contributed by atoms with E-state index in [0.717, 1.165) is 29.5 Å². The summed E-state index contributed by atoms with van der Waals surface area (Å²) in [5, 5.41) is 9.89. The summed E-state index contributed by atoms with van der Waals surface area (Å²) in [7, 11) is 0. The lowest BCUT2D eigenvalue weighted by molar-refractivity contribution is -0.144.